The van der Waals surface area contributed by atoms with Gasteiger partial charge >= 0.3 is 0 Å². The van der Waals surface area contributed by atoms with E-state index in [9.17, 15) is 5.11 Å². The molecule has 2 aliphatic heterocycles. The zero-order valence-electron chi connectivity index (χ0n) is 10.8. The fourth-order valence-corrected chi connectivity index (χ4v) is 4.23. The molecule has 0 saturated carbocycles. The molecule has 0 amide bonds. The topological polar surface area (TPSA) is 29.5 Å². The van der Waals surface area contributed by atoms with Gasteiger partial charge in [0.2, 0.25) is 0 Å². The van der Waals surface area contributed by atoms with Gasteiger partial charge < -0.3 is 9.84 Å². The first-order valence-electron chi connectivity index (χ1n) is 6.76. The van der Waals surface area contributed by atoms with Crippen molar-refractivity contribution < 1.29 is 9.84 Å². The van der Waals surface area contributed by atoms with Gasteiger partial charge in [0, 0.05) is 11.7 Å². The van der Waals surface area contributed by atoms with Crippen LogP contribution in [0, 0.1) is 0 Å². The van der Waals surface area contributed by atoms with Crippen molar-refractivity contribution in [2.45, 2.75) is 43.5 Å². The summed E-state index contributed by atoms with van der Waals surface area (Å²) >= 11 is 1.89. The first kappa shape index (κ1) is 12.4. The third-order valence-corrected chi connectivity index (χ3v) is 5.64. The predicted molar refractivity (Wildman–Crippen MR) is 75.4 cm³/mol. The molecule has 0 bridgehead atoms. The summed E-state index contributed by atoms with van der Waals surface area (Å²) < 4.78 is 5.52. The van der Waals surface area contributed by atoms with E-state index in [0.29, 0.717) is 5.25 Å². The van der Waals surface area contributed by atoms with Crippen molar-refractivity contribution >= 4 is 11.8 Å². The maximum absolute atomic E-state index is 10.6. The lowest BCUT2D eigenvalue weighted by atomic mass is 9.89. The van der Waals surface area contributed by atoms with E-state index in [1.165, 1.54) is 11.1 Å². The van der Waals surface area contributed by atoms with Crippen LogP contribution >= 0.6 is 11.8 Å². The van der Waals surface area contributed by atoms with E-state index in [1.807, 2.05) is 11.8 Å². The Bertz CT molecular complexity index is 446. The molecule has 1 N–H and O–H groups in total. The Balaban J connectivity index is 1.66. The van der Waals surface area contributed by atoms with Crippen LogP contribution < -0.4 is 4.74 Å². The Labute approximate surface area is 113 Å². The number of hydrogen-bond acceptors (Lipinski definition) is 3. The molecule has 3 heteroatoms. The van der Waals surface area contributed by atoms with Gasteiger partial charge in [0.05, 0.1) is 12.2 Å². The number of benzene rings is 1. The Morgan fingerprint density at radius 2 is 2.39 bits per heavy atom. The number of rotatable bonds is 3. The molecule has 1 fully saturated rings. The second kappa shape index (κ2) is 4.78. The fraction of sp³-hybridized carbons (Fsp3) is 0.600. The first-order valence-corrected chi connectivity index (χ1v) is 7.81. The zero-order chi connectivity index (χ0) is 12.6. The Morgan fingerprint density at radius 3 is 3.17 bits per heavy atom. The summed E-state index contributed by atoms with van der Waals surface area (Å²) in [5.74, 6) is 2.14. The van der Waals surface area contributed by atoms with Crippen molar-refractivity contribution in [2.75, 3.05) is 12.4 Å². The van der Waals surface area contributed by atoms with Crippen LogP contribution in [0.5, 0.6) is 5.75 Å². The van der Waals surface area contributed by atoms with E-state index in [4.69, 9.17) is 4.74 Å². The van der Waals surface area contributed by atoms with Crippen molar-refractivity contribution in [2.24, 2.45) is 0 Å². The smallest absolute Gasteiger partial charge is 0.122 e. The summed E-state index contributed by atoms with van der Waals surface area (Å²) in [6.45, 7) is 2.96. The Kier molecular flexibility index (Phi) is 3.29. The van der Waals surface area contributed by atoms with Gasteiger partial charge in [-0.05, 0) is 42.2 Å². The van der Waals surface area contributed by atoms with E-state index in [-0.39, 0.29) is 0 Å². The molecule has 2 heterocycles. The van der Waals surface area contributed by atoms with Gasteiger partial charge in [-0.15, -0.1) is 0 Å². The second-order valence-corrected chi connectivity index (χ2v) is 6.86. The van der Waals surface area contributed by atoms with Gasteiger partial charge in [0.25, 0.3) is 0 Å². The van der Waals surface area contributed by atoms with Crippen LogP contribution in [0.3, 0.4) is 0 Å². The van der Waals surface area contributed by atoms with Crippen molar-refractivity contribution in [1.82, 2.24) is 0 Å². The highest BCUT2D eigenvalue weighted by molar-refractivity contribution is 8.00. The molecule has 2 unspecified atom stereocenters. The van der Waals surface area contributed by atoms with E-state index in [1.54, 1.807) is 0 Å². The molecule has 2 nitrogen and oxygen atoms in total. The summed E-state index contributed by atoms with van der Waals surface area (Å²) in [5.41, 5.74) is 2.20. The molecule has 0 aliphatic carbocycles. The summed E-state index contributed by atoms with van der Waals surface area (Å²) in [4.78, 5) is 0. The summed E-state index contributed by atoms with van der Waals surface area (Å²) in [5, 5.41) is 10.9. The van der Waals surface area contributed by atoms with Gasteiger partial charge in [-0.25, -0.2) is 0 Å². The zero-order valence-corrected chi connectivity index (χ0v) is 11.6. The van der Waals surface area contributed by atoms with Crippen LogP contribution in [0.4, 0.5) is 0 Å². The van der Waals surface area contributed by atoms with Crippen molar-refractivity contribution in [3.8, 4) is 5.75 Å². The minimum absolute atomic E-state index is 0.371. The molecule has 2 atom stereocenters. The summed E-state index contributed by atoms with van der Waals surface area (Å²) in [7, 11) is 0. The Morgan fingerprint density at radius 1 is 1.50 bits per heavy atom. The summed E-state index contributed by atoms with van der Waals surface area (Å²) in [6, 6.07) is 6.47. The lowest BCUT2D eigenvalue weighted by Crippen LogP contribution is -2.34. The fourth-order valence-electron chi connectivity index (χ4n) is 2.86. The highest BCUT2D eigenvalue weighted by atomic mass is 32.2. The van der Waals surface area contributed by atoms with Gasteiger partial charge in [-0.1, -0.05) is 19.1 Å². The number of ether oxygens (including phenoxy) is 1. The van der Waals surface area contributed by atoms with E-state index in [2.05, 4.69) is 25.1 Å². The summed E-state index contributed by atoms with van der Waals surface area (Å²) in [6.07, 6.45) is 3.81. The number of aryl methyl sites for hydroxylation is 1. The number of thioether (sulfide) groups is 1. The van der Waals surface area contributed by atoms with E-state index >= 15 is 0 Å². The normalized spacial score (nSPS) is 30.2. The lowest BCUT2D eigenvalue weighted by Gasteiger charge is -2.26. The van der Waals surface area contributed by atoms with Crippen molar-refractivity contribution in [3.63, 3.8) is 0 Å². The number of aliphatic hydroxyl groups is 1. The molecule has 98 valence electrons. The van der Waals surface area contributed by atoms with Crippen LogP contribution in [0.25, 0.3) is 0 Å². The highest BCUT2D eigenvalue weighted by Crippen LogP contribution is 2.38. The predicted octanol–water partition coefficient (Wildman–Crippen LogP) is 2.81. The van der Waals surface area contributed by atoms with Crippen molar-refractivity contribution in [3.05, 3.63) is 29.3 Å². The average molecular weight is 264 g/mol. The molecule has 2 aliphatic rings. The molecule has 0 spiro atoms. The monoisotopic (exact) mass is 264 g/mol. The molecule has 1 saturated heterocycles. The largest absolute Gasteiger partial charge is 0.493 e. The van der Waals surface area contributed by atoms with Gasteiger partial charge in [0.15, 0.2) is 0 Å². The molecule has 3 rings (SSSR count). The van der Waals surface area contributed by atoms with E-state index in [0.717, 1.165) is 43.8 Å². The van der Waals surface area contributed by atoms with Crippen molar-refractivity contribution in [1.29, 1.82) is 0 Å². The first-order chi connectivity index (χ1) is 8.67. The molecular formula is C15H20O2S. The van der Waals surface area contributed by atoms with Gasteiger partial charge in [0.1, 0.15) is 5.75 Å². The minimum Gasteiger partial charge on any atom is -0.493 e. The standard InChI is InChI=1S/C15H20O2S/c1-11-15(16,7-9-18-11)6-4-12-2-3-14-13(10-12)5-8-17-14/h2-3,10-11,16H,4-9H2,1H3. The Hall–Kier alpha value is -0.670. The van der Waals surface area contributed by atoms with Gasteiger partial charge in [-0.3, -0.25) is 0 Å². The molecule has 18 heavy (non-hydrogen) atoms. The lowest BCUT2D eigenvalue weighted by molar-refractivity contribution is 0.0375. The highest BCUT2D eigenvalue weighted by Gasteiger charge is 2.38. The maximum Gasteiger partial charge on any atom is 0.122 e. The molecule has 0 radical (unpaired) electrons. The van der Waals surface area contributed by atoms with E-state index < -0.39 is 5.60 Å². The van der Waals surface area contributed by atoms with Crippen LogP contribution in [0.15, 0.2) is 18.2 Å². The molecule has 1 aromatic rings. The quantitative estimate of drug-likeness (QED) is 0.910. The van der Waals surface area contributed by atoms with Crippen LogP contribution in [0.2, 0.25) is 0 Å². The molecule has 1 aromatic carbocycles. The maximum atomic E-state index is 10.6. The third-order valence-electron chi connectivity index (χ3n) is 4.26. The SMILES string of the molecule is CC1SCCC1(O)CCc1ccc2c(c1)CCO2. The number of fused-ring (bicyclic) bond motifs is 1. The molecular weight excluding hydrogens is 244 g/mol. The third kappa shape index (κ3) is 2.26. The average Bonchev–Trinajstić information content (AvgIpc) is 2.95. The number of hydrogen-bond donors (Lipinski definition) is 1. The minimum atomic E-state index is -0.458. The van der Waals surface area contributed by atoms with Crippen LogP contribution in [-0.4, -0.2) is 28.3 Å². The van der Waals surface area contributed by atoms with Crippen LogP contribution in [0.1, 0.15) is 30.9 Å². The molecule has 0 aromatic heterocycles. The van der Waals surface area contributed by atoms with Gasteiger partial charge in [-0.2, -0.15) is 11.8 Å². The van der Waals surface area contributed by atoms with Crippen LogP contribution in [-0.2, 0) is 12.8 Å². The second-order valence-electron chi connectivity index (χ2n) is 5.41.